The standard InChI is InChI=1S/C23H30N6O3S/c1-14-4-5-16-17(10-14)33-23-21(16)22(25-19(26-23)12-29-6-8-31-9-7-29)28(3)13-20(30)24-18-11-15(2)32-27-18/h11,14H,4-10,12-13H2,1-3H3,(H,24,27,30)/t14-/m1/s1. The molecule has 0 radical (unpaired) electrons. The first-order valence-electron chi connectivity index (χ1n) is 11.5. The molecule has 9 nitrogen and oxygen atoms in total. The Hall–Kier alpha value is -2.56. The Morgan fingerprint density at radius 3 is 2.91 bits per heavy atom. The van der Waals surface area contributed by atoms with Crippen molar-refractivity contribution in [1.29, 1.82) is 0 Å². The van der Waals surface area contributed by atoms with Crippen LogP contribution in [-0.4, -0.2) is 65.8 Å². The molecule has 0 saturated carbocycles. The van der Waals surface area contributed by atoms with E-state index in [1.165, 1.54) is 16.9 Å². The van der Waals surface area contributed by atoms with Crippen LogP contribution >= 0.6 is 11.3 Å². The average molecular weight is 471 g/mol. The van der Waals surface area contributed by atoms with Crippen LogP contribution in [0.15, 0.2) is 10.6 Å². The maximum absolute atomic E-state index is 12.7. The molecule has 1 fully saturated rings. The lowest BCUT2D eigenvalue weighted by molar-refractivity contribution is -0.115. The van der Waals surface area contributed by atoms with Crippen molar-refractivity contribution < 1.29 is 14.1 Å². The largest absolute Gasteiger partial charge is 0.379 e. The first kappa shape index (κ1) is 22.2. The van der Waals surface area contributed by atoms with Gasteiger partial charge in [-0.3, -0.25) is 9.69 Å². The molecule has 1 amide bonds. The van der Waals surface area contributed by atoms with Gasteiger partial charge in [0.25, 0.3) is 0 Å². The third-order valence-corrected chi connectivity index (χ3v) is 7.44. The van der Waals surface area contributed by atoms with Gasteiger partial charge in [-0.2, -0.15) is 0 Å². The lowest BCUT2D eigenvalue weighted by atomic mass is 9.89. The second-order valence-corrected chi connectivity index (χ2v) is 10.2. The van der Waals surface area contributed by atoms with Crippen LogP contribution in [-0.2, 0) is 28.9 Å². The number of hydrogen-bond donors (Lipinski definition) is 1. The number of aryl methyl sites for hydroxylation is 2. The van der Waals surface area contributed by atoms with Gasteiger partial charge in [0.05, 0.1) is 31.7 Å². The van der Waals surface area contributed by atoms with Gasteiger partial charge in [-0.25, -0.2) is 9.97 Å². The molecule has 0 aromatic carbocycles. The van der Waals surface area contributed by atoms with E-state index >= 15 is 0 Å². The molecule has 176 valence electrons. The highest BCUT2D eigenvalue weighted by Crippen LogP contribution is 2.41. The van der Waals surface area contributed by atoms with E-state index < -0.39 is 0 Å². The highest BCUT2D eigenvalue weighted by Gasteiger charge is 2.26. The van der Waals surface area contributed by atoms with Crippen molar-refractivity contribution in [2.75, 3.05) is 50.1 Å². The topological polar surface area (TPSA) is 96.6 Å². The summed E-state index contributed by atoms with van der Waals surface area (Å²) in [5.41, 5.74) is 1.36. The number of anilines is 2. The lowest BCUT2D eigenvalue weighted by Crippen LogP contribution is -2.36. The predicted molar refractivity (Wildman–Crippen MR) is 128 cm³/mol. The number of nitrogens with zero attached hydrogens (tertiary/aromatic N) is 5. The number of carbonyl (C=O) groups is 1. The number of amides is 1. The van der Waals surface area contributed by atoms with E-state index in [-0.39, 0.29) is 12.5 Å². The SMILES string of the molecule is Cc1cc(NC(=O)CN(C)c2nc(CN3CCOCC3)nc3sc4c(c23)CC[C@@H](C)C4)no1. The van der Waals surface area contributed by atoms with Crippen molar-refractivity contribution in [3.05, 3.63) is 28.1 Å². The fourth-order valence-electron chi connectivity index (χ4n) is 4.57. The zero-order valence-electron chi connectivity index (χ0n) is 19.4. The second-order valence-electron chi connectivity index (χ2n) is 9.11. The van der Waals surface area contributed by atoms with E-state index in [0.29, 0.717) is 24.0 Å². The molecule has 1 saturated heterocycles. The second kappa shape index (κ2) is 9.36. The molecule has 1 aliphatic carbocycles. The zero-order valence-corrected chi connectivity index (χ0v) is 20.2. The third kappa shape index (κ3) is 4.87. The van der Waals surface area contributed by atoms with Crippen molar-refractivity contribution in [3.8, 4) is 0 Å². The smallest absolute Gasteiger partial charge is 0.245 e. The Balaban J connectivity index is 1.45. The first-order valence-corrected chi connectivity index (χ1v) is 12.3. The molecule has 1 atom stereocenters. The minimum atomic E-state index is -0.162. The summed E-state index contributed by atoms with van der Waals surface area (Å²) in [5.74, 6) is 3.23. The van der Waals surface area contributed by atoms with Crippen LogP contribution in [0.5, 0.6) is 0 Å². The molecule has 0 bridgehead atoms. The molecule has 1 aliphatic heterocycles. The van der Waals surface area contributed by atoms with Crippen LogP contribution in [0, 0.1) is 12.8 Å². The molecule has 0 unspecified atom stereocenters. The number of likely N-dealkylation sites (N-methyl/N-ethyl adjacent to an activating group) is 1. The Bertz CT molecular complexity index is 1150. The van der Waals surface area contributed by atoms with Gasteiger partial charge < -0.3 is 19.5 Å². The van der Waals surface area contributed by atoms with E-state index in [1.807, 2.05) is 11.9 Å². The summed E-state index contributed by atoms with van der Waals surface area (Å²) in [6.07, 6.45) is 3.29. The molecule has 5 rings (SSSR count). The van der Waals surface area contributed by atoms with Crippen molar-refractivity contribution in [3.63, 3.8) is 0 Å². The van der Waals surface area contributed by atoms with Gasteiger partial charge in [0.2, 0.25) is 5.91 Å². The Labute approximate surface area is 197 Å². The number of aromatic nitrogens is 3. The summed E-state index contributed by atoms with van der Waals surface area (Å²) >= 11 is 1.79. The normalized spacial score (nSPS) is 18.9. The van der Waals surface area contributed by atoms with Crippen LogP contribution in [0.1, 0.15) is 35.4 Å². The van der Waals surface area contributed by atoms with Gasteiger partial charge in [-0.05, 0) is 37.7 Å². The van der Waals surface area contributed by atoms with Crippen molar-refractivity contribution in [2.24, 2.45) is 5.92 Å². The van der Waals surface area contributed by atoms with Gasteiger partial charge in [0.1, 0.15) is 22.2 Å². The molecule has 3 aromatic heterocycles. The van der Waals surface area contributed by atoms with E-state index in [0.717, 1.165) is 61.0 Å². The van der Waals surface area contributed by atoms with E-state index in [1.54, 1.807) is 24.3 Å². The molecule has 3 aromatic rings. The average Bonchev–Trinajstić information content (AvgIpc) is 3.35. The minimum Gasteiger partial charge on any atom is -0.379 e. The number of ether oxygens (including phenoxy) is 1. The van der Waals surface area contributed by atoms with Crippen molar-refractivity contribution in [2.45, 2.75) is 39.7 Å². The Kier molecular flexibility index (Phi) is 6.31. The van der Waals surface area contributed by atoms with Gasteiger partial charge in [-0.15, -0.1) is 11.3 Å². The molecule has 33 heavy (non-hydrogen) atoms. The summed E-state index contributed by atoms with van der Waals surface area (Å²) in [6.45, 7) is 8.19. The number of nitrogens with one attached hydrogen (secondary N) is 1. The highest BCUT2D eigenvalue weighted by molar-refractivity contribution is 7.19. The first-order chi connectivity index (χ1) is 16.0. The predicted octanol–water partition coefficient (Wildman–Crippen LogP) is 3.02. The molecule has 0 spiro atoms. The summed E-state index contributed by atoms with van der Waals surface area (Å²) in [7, 11) is 1.92. The molecule has 10 heteroatoms. The quantitative estimate of drug-likeness (QED) is 0.587. The molecule has 2 aliphatic rings. The molecular formula is C23H30N6O3S. The monoisotopic (exact) mass is 470 g/mol. The zero-order chi connectivity index (χ0) is 22.9. The Morgan fingerprint density at radius 2 is 2.15 bits per heavy atom. The number of carbonyl (C=O) groups excluding carboxylic acids is 1. The van der Waals surface area contributed by atoms with Crippen LogP contribution in [0.2, 0.25) is 0 Å². The Morgan fingerprint density at radius 1 is 1.33 bits per heavy atom. The number of fused-ring (bicyclic) bond motifs is 3. The highest BCUT2D eigenvalue weighted by atomic mass is 32.1. The van der Waals surface area contributed by atoms with Crippen LogP contribution in [0.4, 0.5) is 11.6 Å². The van der Waals surface area contributed by atoms with Crippen LogP contribution < -0.4 is 10.2 Å². The fourth-order valence-corrected chi connectivity index (χ4v) is 5.97. The van der Waals surface area contributed by atoms with Gasteiger partial charge >= 0.3 is 0 Å². The van der Waals surface area contributed by atoms with Gasteiger partial charge in [-0.1, -0.05) is 12.1 Å². The molecule has 1 N–H and O–H groups in total. The maximum atomic E-state index is 12.7. The molecular weight excluding hydrogens is 440 g/mol. The van der Waals surface area contributed by atoms with Gasteiger partial charge in [0.15, 0.2) is 5.82 Å². The molecule has 4 heterocycles. The summed E-state index contributed by atoms with van der Waals surface area (Å²) in [6, 6.07) is 1.71. The fraction of sp³-hybridized carbons (Fsp3) is 0.565. The van der Waals surface area contributed by atoms with E-state index in [9.17, 15) is 4.79 Å². The number of thiophene rings is 1. The van der Waals surface area contributed by atoms with Crippen LogP contribution in [0.3, 0.4) is 0 Å². The van der Waals surface area contributed by atoms with E-state index in [4.69, 9.17) is 19.2 Å². The summed E-state index contributed by atoms with van der Waals surface area (Å²) < 4.78 is 10.5. The lowest BCUT2D eigenvalue weighted by Gasteiger charge is -2.26. The number of rotatable bonds is 6. The number of morpholine rings is 1. The maximum Gasteiger partial charge on any atom is 0.245 e. The van der Waals surface area contributed by atoms with E-state index in [2.05, 4.69) is 22.3 Å². The van der Waals surface area contributed by atoms with Crippen molar-refractivity contribution in [1.82, 2.24) is 20.0 Å². The minimum absolute atomic E-state index is 0.162. The van der Waals surface area contributed by atoms with Crippen LogP contribution in [0.25, 0.3) is 10.2 Å². The van der Waals surface area contributed by atoms with Crippen molar-refractivity contribution >= 4 is 39.1 Å². The third-order valence-electron chi connectivity index (χ3n) is 6.29. The number of hydrogen-bond acceptors (Lipinski definition) is 9. The van der Waals surface area contributed by atoms with Gasteiger partial charge in [0, 0.05) is 31.1 Å². The summed E-state index contributed by atoms with van der Waals surface area (Å²) in [5, 5.41) is 7.77. The summed E-state index contributed by atoms with van der Waals surface area (Å²) in [4.78, 5) is 29.4.